The van der Waals surface area contributed by atoms with E-state index in [2.05, 4.69) is 59.3 Å². The summed E-state index contributed by atoms with van der Waals surface area (Å²) in [4.78, 5) is 10.0. The molecule has 4 aliphatic carbocycles. The summed E-state index contributed by atoms with van der Waals surface area (Å²) >= 11 is 0. The van der Waals surface area contributed by atoms with E-state index in [9.17, 15) is 4.39 Å². The average Bonchev–Trinajstić information content (AvgIpc) is 3.41. The number of ether oxygens (including phenoxy) is 1. The quantitative estimate of drug-likeness (QED) is 0.524. The standard InChI is InChI=1S/C30H36FN3O/c1-20-13-26-25-6-3-2-5-22(25)14-27(26)29(34(20)30-15-21(16-30)17-30)23-7-8-28(32-18-23)35-24-9-12-33(19-24)11-4-10-31/h2-3,5-8,18,20-21,24,29H,4,9-17,19H2,1H3/t20-,21?,24-,29-,30?/m1/s1. The molecule has 1 aromatic carbocycles. The van der Waals surface area contributed by atoms with Crippen LogP contribution in [0.1, 0.15) is 68.2 Å². The number of benzene rings is 1. The second kappa shape index (κ2) is 8.41. The number of alkyl halides is 1. The minimum Gasteiger partial charge on any atom is -0.473 e. The van der Waals surface area contributed by atoms with E-state index in [0.717, 1.165) is 50.7 Å². The summed E-state index contributed by atoms with van der Waals surface area (Å²) in [5.74, 6) is 1.68. The van der Waals surface area contributed by atoms with Crippen LogP contribution in [0.25, 0.3) is 5.57 Å². The molecule has 0 spiro atoms. The van der Waals surface area contributed by atoms with Crippen LogP contribution in [0, 0.1) is 5.92 Å². The molecule has 0 amide bonds. The van der Waals surface area contributed by atoms with Gasteiger partial charge in [0.25, 0.3) is 0 Å². The Hall–Kier alpha value is -2.24. The summed E-state index contributed by atoms with van der Waals surface area (Å²) in [7, 11) is 0. The molecule has 3 heterocycles. The zero-order valence-electron chi connectivity index (χ0n) is 20.8. The Morgan fingerprint density at radius 1 is 1.14 bits per heavy atom. The third-order valence-electron chi connectivity index (χ3n) is 9.45. The van der Waals surface area contributed by atoms with Gasteiger partial charge in [-0.25, -0.2) is 4.98 Å². The zero-order chi connectivity index (χ0) is 23.6. The van der Waals surface area contributed by atoms with Crippen LogP contribution in [-0.2, 0) is 6.42 Å². The predicted molar refractivity (Wildman–Crippen MR) is 136 cm³/mol. The van der Waals surface area contributed by atoms with Crippen LogP contribution in [0.2, 0.25) is 0 Å². The molecular weight excluding hydrogens is 437 g/mol. The van der Waals surface area contributed by atoms with E-state index in [1.54, 1.807) is 11.1 Å². The van der Waals surface area contributed by atoms with E-state index in [0.29, 0.717) is 24.0 Å². The van der Waals surface area contributed by atoms with Crippen molar-refractivity contribution in [3.8, 4) is 5.88 Å². The molecule has 1 saturated heterocycles. The number of rotatable bonds is 7. The van der Waals surface area contributed by atoms with E-state index in [1.165, 1.54) is 36.0 Å². The molecule has 35 heavy (non-hydrogen) atoms. The van der Waals surface area contributed by atoms with Crippen molar-refractivity contribution in [1.82, 2.24) is 14.8 Å². The molecule has 3 atom stereocenters. The number of aromatic nitrogens is 1. The molecule has 4 nitrogen and oxygen atoms in total. The molecule has 6 aliphatic rings. The minimum atomic E-state index is -0.243. The Kier molecular flexibility index (Phi) is 5.29. The van der Waals surface area contributed by atoms with Gasteiger partial charge in [-0.1, -0.05) is 30.3 Å². The Bertz CT molecular complexity index is 1130. The molecule has 4 fully saturated rings. The predicted octanol–water partition coefficient (Wildman–Crippen LogP) is 5.59. The Morgan fingerprint density at radius 2 is 2.00 bits per heavy atom. The fourth-order valence-corrected chi connectivity index (χ4v) is 7.80. The number of hydrogen-bond acceptors (Lipinski definition) is 4. The number of nitrogens with zero attached hydrogens (tertiary/aromatic N) is 3. The second-order valence-corrected chi connectivity index (χ2v) is 11.7. The van der Waals surface area contributed by atoms with Crippen molar-refractivity contribution < 1.29 is 9.13 Å². The van der Waals surface area contributed by atoms with Crippen molar-refractivity contribution in [3.05, 3.63) is 64.9 Å². The number of pyridine rings is 1. The maximum Gasteiger partial charge on any atom is 0.213 e. The van der Waals surface area contributed by atoms with Crippen molar-refractivity contribution >= 4 is 5.57 Å². The number of fused-ring (bicyclic) bond motifs is 2. The third-order valence-corrected chi connectivity index (χ3v) is 9.45. The maximum absolute atomic E-state index is 12.5. The summed E-state index contributed by atoms with van der Waals surface area (Å²) in [5, 5.41) is 0. The third kappa shape index (κ3) is 3.57. The van der Waals surface area contributed by atoms with Gasteiger partial charge in [0.15, 0.2) is 0 Å². The topological polar surface area (TPSA) is 28.6 Å². The molecule has 2 aromatic rings. The molecule has 0 N–H and O–H groups in total. The van der Waals surface area contributed by atoms with Crippen LogP contribution in [0.5, 0.6) is 5.88 Å². The SMILES string of the molecule is C[C@@H]1CC2=C(Cc3ccccc32)[C@@H](c2ccc(O[C@@H]3CCN(CCCF)C3)nc2)N1C12CC(C1)C2. The molecule has 0 radical (unpaired) electrons. The van der Waals surface area contributed by atoms with Crippen molar-refractivity contribution in [2.75, 3.05) is 26.3 Å². The Labute approximate surface area is 208 Å². The van der Waals surface area contributed by atoms with Gasteiger partial charge in [0, 0.05) is 43.5 Å². The lowest BCUT2D eigenvalue weighted by Crippen LogP contribution is -2.71. The number of halogens is 1. The minimum absolute atomic E-state index is 0.151. The van der Waals surface area contributed by atoms with Gasteiger partial charge < -0.3 is 4.74 Å². The lowest BCUT2D eigenvalue weighted by Gasteiger charge is -2.70. The van der Waals surface area contributed by atoms with E-state index >= 15 is 0 Å². The number of likely N-dealkylation sites (tertiary alicyclic amines) is 1. The van der Waals surface area contributed by atoms with E-state index in [4.69, 9.17) is 9.72 Å². The van der Waals surface area contributed by atoms with Gasteiger partial charge in [-0.3, -0.25) is 14.2 Å². The lowest BCUT2D eigenvalue weighted by molar-refractivity contribution is -0.173. The molecule has 0 unspecified atom stereocenters. The highest BCUT2D eigenvalue weighted by Crippen LogP contribution is 2.65. The highest BCUT2D eigenvalue weighted by molar-refractivity contribution is 5.79. The van der Waals surface area contributed by atoms with Gasteiger partial charge in [0.1, 0.15) is 6.10 Å². The largest absolute Gasteiger partial charge is 0.473 e. The van der Waals surface area contributed by atoms with Gasteiger partial charge in [-0.15, -0.1) is 0 Å². The van der Waals surface area contributed by atoms with Gasteiger partial charge in [-0.05, 0) is 85.6 Å². The maximum atomic E-state index is 12.5. The summed E-state index contributed by atoms with van der Waals surface area (Å²) in [5.41, 5.74) is 7.86. The molecule has 2 bridgehead atoms. The molecular formula is C30H36FN3O. The van der Waals surface area contributed by atoms with Crippen LogP contribution in [0.3, 0.4) is 0 Å². The normalized spacial score (nSPS) is 33.8. The molecule has 2 aliphatic heterocycles. The van der Waals surface area contributed by atoms with Gasteiger partial charge >= 0.3 is 0 Å². The van der Waals surface area contributed by atoms with Crippen LogP contribution in [-0.4, -0.2) is 58.8 Å². The van der Waals surface area contributed by atoms with Crippen LogP contribution >= 0.6 is 0 Å². The van der Waals surface area contributed by atoms with E-state index < -0.39 is 0 Å². The first-order valence-corrected chi connectivity index (χ1v) is 13.6. The molecule has 184 valence electrons. The van der Waals surface area contributed by atoms with Gasteiger partial charge in [0.2, 0.25) is 5.88 Å². The first-order chi connectivity index (χ1) is 17.1. The molecule has 5 heteroatoms. The van der Waals surface area contributed by atoms with Crippen LogP contribution in [0.15, 0.2) is 48.2 Å². The van der Waals surface area contributed by atoms with Crippen molar-refractivity contribution in [1.29, 1.82) is 0 Å². The second-order valence-electron chi connectivity index (χ2n) is 11.7. The first kappa shape index (κ1) is 22.0. The number of hydrogen-bond donors (Lipinski definition) is 0. The summed E-state index contributed by atoms with van der Waals surface area (Å²) in [6.07, 6.45) is 10.2. The van der Waals surface area contributed by atoms with Crippen molar-refractivity contribution in [2.45, 2.75) is 75.6 Å². The van der Waals surface area contributed by atoms with E-state index in [1.807, 2.05) is 0 Å². The van der Waals surface area contributed by atoms with Crippen LogP contribution < -0.4 is 4.74 Å². The fourth-order valence-electron chi connectivity index (χ4n) is 7.80. The molecule has 3 saturated carbocycles. The zero-order valence-corrected chi connectivity index (χ0v) is 20.8. The van der Waals surface area contributed by atoms with Gasteiger partial charge in [0.05, 0.1) is 12.7 Å². The molecule has 8 rings (SSSR count). The summed E-state index contributed by atoms with van der Waals surface area (Å²) in [6.45, 7) is 4.87. The summed E-state index contributed by atoms with van der Waals surface area (Å²) in [6, 6.07) is 14.2. The van der Waals surface area contributed by atoms with E-state index in [-0.39, 0.29) is 12.8 Å². The molecule has 1 aromatic heterocycles. The lowest BCUT2D eigenvalue weighted by atomic mass is 9.48. The van der Waals surface area contributed by atoms with Crippen molar-refractivity contribution in [2.24, 2.45) is 5.92 Å². The fraction of sp³-hybridized carbons (Fsp3) is 0.567. The van der Waals surface area contributed by atoms with Crippen molar-refractivity contribution in [3.63, 3.8) is 0 Å². The average molecular weight is 474 g/mol. The first-order valence-electron chi connectivity index (χ1n) is 13.6. The Morgan fingerprint density at radius 3 is 2.74 bits per heavy atom. The smallest absolute Gasteiger partial charge is 0.213 e. The highest BCUT2D eigenvalue weighted by atomic mass is 19.1. The Balaban J connectivity index is 1.15. The van der Waals surface area contributed by atoms with Crippen LogP contribution in [0.4, 0.5) is 4.39 Å². The highest BCUT2D eigenvalue weighted by Gasteiger charge is 2.63. The summed E-state index contributed by atoms with van der Waals surface area (Å²) < 4.78 is 18.8. The van der Waals surface area contributed by atoms with Gasteiger partial charge in [-0.2, -0.15) is 0 Å². The monoisotopic (exact) mass is 473 g/mol.